The molecule has 2 rings (SSSR count). The fourth-order valence-corrected chi connectivity index (χ4v) is 2.32. The van der Waals surface area contributed by atoms with Crippen LogP contribution in [0.3, 0.4) is 0 Å². The molecule has 0 unspecified atom stereocenters. The van der Waals surface area contributed by atoms with E-state index in [4.69, 9.17) is 4.74 Å². The second-order valence-corrected chi connectivity index (χ2v) is 5.64. The van der Waals surface area contributed by atoms with Crippen molar-refractivity contribution < 1.29 is 4.74 Å². The quantitative estimate of drug-likeness (QED) is 0.788. The minimum atomic E-state index is 0.745. The molecule has 0 aromatic heterocycles. The van der Waals surface area contributed by atoms with E-state index in [1.807, 2.05) is 24.3 Å². The van der Waals surface area contributed by atoms with Crippen molar-refractivity contribution >= 4 is 21.6 Å². The summed E-state index contributed by atoms with van der Waals surface area (Å²) in [6, 6.07) is 14.5. The molecule has 0 atom stereocenters. The average Bonchev–Trinajstić information content (AvgIpc) is 2.47. The van der Waals surface area contributed by atoms with Gasteiger partial charge in [-0.15, -0.1) is 0 Å². The maximum absolute atomic E-state index is 5.75. The minimum absolute atomic E-state index is 0.745. The molecule has 0 aliphatic carbocycles. The van der Waals surface area contributed by atoms with Crippen molar-refractivity contribution in [1.29, 1.82) is 0 Å². The second kappa shape index (κ2) is 7.34. The summed E-state index contributed by atoms with van der Waals surface area (Å²) in [5.41, 5.74) is 3.53. The highest BCUT2D eigenvalue weighted by atomic mass is 79.9. The molecule has 0 spiro atoms. The summed E-state index contributed by atoms with van der Waals surface area (Å²) in [5.74, 6) is 0.917. The Hall–Kier alpha value is -1.48. The largest absolute Gasteiger partial charge is 0.491 e. The van der Waals surface area contributed by atoms with Crippen LogP contribution in [0.15, 0.2) is 46.9 Å². The molecule has 3 heteroatoms. The summed E-state index contributed by atoms with van der Waals surface area (Å²) >= 11 is 3.57. The number of aryl methyl sites for hydroxylation is 1. The van der Waals surface area contributed by atoms with Crippen LogP contribution < -0.4 is 10.1 Å². The molecule has 1 N–H and O–H groups in total. The number of para-hydroxylation sites is 2. The van der Waals surface area contributed by atoms with Gasteiger partial charge in [0.15, 0.2) is 0 Å². The van der Waals surface area contributed by atoms with Gasteiger partial charge >= 0.3 is 0 Å². The van der Waals surface area contributed by atoms with E-state index in [2.05, 4.69) is 53.3 Å². The van der Waals surface area contributed by atoms with Gasteiger partial charge in [-0.1, -0.05) is 47.1 Å². The molecule has 0 saturated carbocycles. The Bertz CT molecular complexity index is 569. The Morgan fingerprint density at radius 2 is 1.95 bits per heavy atom. The summed E-state index contributed by atoms with van der Waals surface area (Å²) in [5, 5.41) is 3.44. The second-order valence-electron chi connectivity index (χ2n) is 4.78. The predicted octanol–water partition coefficient (Wildman–Crippen LogP) is 5.16. The Kier molecular flexibility index (Phi) is 5.48. The first-order valence-electron chi connectivity index (χ1n) is 6.91. The van der Waals surface area contributed by atoms with Crippen molar-refractivity contribution in [3.8, 4) is 5.75 Å². The van der Waals surface area contributed by atoms with E-state index < -0.39 is 0 Å². The number of halogens is 1. The molecular formula is C17H20BrNO. The molecule has 0 aliphatic heterocycles. The third-order valence-electron chi connectivity index (χ3n) is 3.07. The van der Waals surface area contributed by atoms with Crippen LogP contribution in [0.2, 0.25) is 0 Å². The first-order chi connectivity index (χ1) is 9.70. The van der Waals surface area contributed by atoms with Crippen molar-refractivity contribution in [2.45, 2.75) is 26.8 Å². The lowest BCUT2D eigenvalue weighted by molar-refractivity contribution is 0.319. The summed E-state index contributed by atoms with van der Waals surface area (Å²) in [6.45, 7) is 5.73. The number of hydrogen-bond acceptors (Lipinski definition) is 2. The third-order valence-corrected chi connectivity index (χ3v) is 3.92. The fourth-order valence-electron chi connectivity index (χ4n) is 1.89. The van der Waals surface area contributed by atoms with E-state index in [-0.39, 0.29) is 0 Å². The molecular weight excluding hydrogens is 314 g/mol. The van der Waals surface area contributed by atoms with Gasteiger partial charge in [0.1, 0.15) is 5.75 Å². The molecule has 2 nitrogen and oxygen atoms in total. The Morgan fingerprint density at radius 3 is 2.70 bits per heavy atom. The first kappa shape index (κ1) is 14.9. The highest BCUT2D eigenvalue weighted by molar-refractivity contribution is 9.10. The van der Waals surface area contributed by atoms with Crippen LogP contribution in [-0.4, -0.2) is 6.61 Å². The van der Waals surface area contributed by atoms with Gasteiger partial charge in [0.05, 0.1) is 12.3 Å². The lowest BCUT2D eigenvalue weighted by Gasteiger charge is -2.13. The molecule has 0 radical (unpaired) electrons. The zero-order chi connectivity index (χ0) is 14.4. The summed E-state index contributed by atoms with van der Waals surface area (Å²) < 4.78 is 6.89. The lowest BCUT2D eigenvalue weighted by atomic mass is 10.1. The number of ether oxygens (including phenoxy) is 1. The van der Waals surface area contributed by atoms with E-state index >= 15 is 0 Å². The number of benzene rings is 2. The SMILES string of the molecule is CCCOc1ccccc1NCc1ccc(C)c(Br)c1. The Labute approximate surface area is 129 Å². The fraction of sp³-hybridized carbons (Fsp3) is 0.294. The first-order valence-corrected chi connectivity index (χ1v) is 7.70. The Balaban J connectivity index is 2.04. The summed E-state index contributed by atoms with van der Waals surface area (Å²) in [4.78, 5) is 0. The predicted molar refractivity (Wildman–Crippen MR) is 88.4 cm³/mol. The normalized spacial score (nSPS) is 10.3. The number of hydrogen-bond donors (Lipinski definition) is 1. The van der Waals surface area contributed by atoms with Gasteiger partial charge in [-0.3, -0.25) is 0 Å². The van der Waals surface area contributed by atoms with Gasteiger partial charge in [-0.25, -0.2) is 0 Å². The minimum Gasteiger partial charge on any atom is -0.491 e. The van der Waals surface area contributed by atoms with Crippen molar-refractivity contribution in [1.82, 2.24) is 0 Å². The summed E-state index contributed by atoms with van der Waals surface area (Å²) in [6.07, 6.45) is 1.01. The maximum atomic E-state index is 5.75. The molecule has 0 heterocycles. The zero-order valence-electron chi connectivity index (χ0n) is 11.9. The van der Waals surface area contributed by atoms with Crippen LogP contribution in [0.5, 0.6) is 5.75 Å². The standard InChI is InChI=1S/C17H20BrNO/c1-3-10-20-17-7-5-4-6-16(17)19-12-14-9-8-13(2)15(18)11-14/h4-9,11,19H,3,10,12H2,1-2H3. The van der Waals surface area contributed by atoms with Crippen LogP contribution in [0.4, 0.5) is 5.69 Å². The number of nitrogens with one attached hydrogen (secondary N) is 1. The van der Waals surface area contributed by atoms with Crippen LogP contribution in [0.25, 0.3) is 0 Å². The van der Waals surface area contributed by atoms with Crippen LogP contribution in [0.1, 0.15) is 24.5 Å². The lowest BCUT2D eigenvalue weighted by Crippen LogP contribution is -2.03. The van der Waals surface area contributed by atoms with E-state index in [0.29, 0.717) is 0 Å². The van der Waals surface area contributed by atoms with Gasteiger partial charge in [0.2, 0.25) is 0 Å². The molecule has 0 aliphatic rings. The third kappa shape index (κ3) is 4.01. The van der Waals surface area contributed by atoms with Crippen molar-refractivity contribution in [2.24, 2.45) is 0 Å². The van der Waals surface area contributed by atoms with E-state index in [1.165, 1.54) is 11.1 Å². The van der Waals surface area contributed by atoms with Gasteiger partial charge < -0.3 is 10.1 Å². The van der Waals surface area contributed by atoms with E-state index in [9.17, 15) is 0 Å². The molecule has 106 valence electrons. The van der Waals surface area contributed by atoms with Gasteiger partial charge in [0.25, 0.3) is 0 Å². The van der Waals surface area contributed by atoms with Gasteiger partial charge in [-0.05, 0) is 42.7 Å². The summed E-state index contributed by atoms with van der Waals surface area (Å²) in [7, 11) is 0. The molecule has 2 aromatic rings. The highest BCUT2D eigenvalue weighted by Crippen LogP contribution is 2.25. The monoisotopic (exact) mass is 333 g/mol. The topological polar surface area (TPSA) is 21.3 Å². The molecule has 20 heavy (non-hydrogen) atoms. The van der Waals surface area contributed by atoms with E-state index in [0.717, 1.165) is 35.5 Å². The maximum Gasteiger partial charge on any atom is 0.142 e. The van der Waals surface area contributed by atoms with Crippen molar-refractivity contribution in [2.75, 3.05) is 11.9 Å². The van der Waals surface area contributed by atoms with Crippen LogP contribution in [-0.2, 0) is 6.54 Å². The number of rotatable bonds is 6. The molecule has 0 saturated heterocycles. The van der Waals surface area contributed by atoms with Gasteiger partial charge in [-0.2, -0.15) is 0 Å². The van der Waals surface area contributed by atoms with E-state index in [1.54, 1.807) is 0 Å². The average molecular weight is 334 g/mol. The van der Waals surface area contributed by atoms with Crippen LogP contribution >= 0.6 is 15.9 Å². The molecule has 0 amide bonds. The molecule has 0 bridgehead atoms. The number of anilines is 1. The van der Waals surface area contributed by atoms with Crippen LogP contribution in [0, 0.1) is 6.92 Å². The smallest absolute Gasteiger partial charge is 0.142 e. The molecule has 0 fully saturated rings. The van der Waals surface area contributed by atoms with Crippen molar-refractivity contribution in [3.05, 3.63) is 58.1 Å². The van der Waals surface area contributed by atoms with Crippen molar-refractivity contribution in [3.63, 3.8) is 0 Å². The van der Waals surface area contributed by atoms with Gasteiger partial charge in [0, 0.05) is 11.0 Å². The highest BCUT2D eigenvalue weighted by Gasteiger charge is 2.03. The Morgan fingerprint density at radius 1 is 1.15 bits per heavy atom. The molecule has 2 aromatic carbocycles. The zero-order valence-corrected chi connectivity index (χ0v) is 13.5.